The first-order chi connectivity index (χ1) is 8.61. The Hall–Kier alpha value is -2.32. The summed E-state index contributed by atoms with van der Waals surface area (Å²) in [6, 6.07) is 9.25. The molecule has 21 heavy (non-hydrogen) atoms. The normalized spacial score (nSPS) is 7.62. The molecule has 0 unspecified atom stereocenters. The molecule has 0 aromatic carbocycles. The summed E-state index contributed by atoms with van der Waals surface area (Å²) in [5.41, 5.74) is -0.0602. The molecule has 4 N–H and O–H groups in total. The molecule has 2 heterocycles. The van der Waals surface area contributed by atoms with Crippen LogP contribution in [-0.2, 0) is 17.1 Å². The monoisotopic (exact) mass is 343 g/mol. The van der Waals surface area contributed by atoms with E-state index in [1.54, 1.807) is 24.3 Å². The van der Waals surface area contributed by atoms with Crippen molar-refractivity contribution in [2.45, 2.75) is 0 Å². The number of carboxylic acids is 2. The quantitative estimate of drug-likeness (QED) is 0.534. The van der Waals surface area contributed by atoms with E-state index in [1.165, 1.54) is 24.5 Å². The van der Waals surface area contributed by atoms with Crippen molar-refractivity contribution in [1.29, 1.82) is 0 Å². The zero-order valence-corrected chi connectivity index (χ0v) is 11.4. The van der Waals surface area contributed by atoms with Crippen LogP contribution in [0.2, 0.25) is 0 Å². The van der Waals surface area contributed by atoms with Crippen molar-refractivity contribution in [3.63, 3.8) is 0 Å². The van der Waals surface area contributed by atoms with Crippen LogP contribution in [-0.4, -0.2) is 32.9 Å². The molecule has 0 bridgehead atoms. The molecule has 0 aliphatic rings. The van der Waals surface area contributed by atoms with Gasteiger partial charge in [-0.15, -0.1) is 0 Å². The molecule has 0 atom stereocenters. The van der Waals surface area contributed by atoms with Gasteiger partial charge in [-0.25, -0.2) is 0 Å². The summed E-state index contributed by atoms with van der Waals surface area (Å²) >= 11 is 0. The van der Waals surface area contributed by atoms with Crippen molar-refractivity contribution >= 4 is 11.9 Å². The maximum absolute atomic E-state index is 10.0. The van der Waals surface area contributed by atoms with E-state index in [2.05, 4.69) is 9.97 Å². The Bertz CT molecular complexity index is 474. The number of hydrogen-bond donors (Lipinski definition) is 0. The molecular weight excluding hydrogens is 332 g/mol. The number of aromatic nitrogens is 2. The van der Waals surface area contributed by atoms with Crippen molar-refractivity contribution < 1.29 is 47.8 Å². The molecule has 0 aliphatic heterocycles. The van der Waals surface area contributed by atoms with E-state index in [4.69, 9.17) is 0 Å². The van der Waals surface area contributed by atoms with Gasteiger partial charge in [-0.3, -0.25) is 9.97 Å². The predicted molar refractivity (Wildman–Crippen MR) is 64.4 cm³/mol. The Morgan fingerprint density at radius 1 is 0.762 bits per heavy atom. The Kier molecular flexibility index (Phi) is 14.4. The zero-order valence-electron chi connectivity index (χ0n) is 10.4. The van der Waals surface area contributed by atoms with E-state index in [0.29, 0.717) is 0 Å². The first-order valence-corrected chi connectivity index (χ1v) is 4.86. The molecular formula is C12H12CuN2O6. The van der Waals surface area contributed by atoms with E-state index < -0.39 is 11.9 Å². The summed E-state index contributed by atoms with van der Waals surface area (Å²) < 4.78 is 0. The van der Waals surface area contributed by atoms with Crippen LogP contribution >= 0.6 is 0 Å². The second-order valence-corrected chi connectivity index (χ2v) is 3.00. The van der Waals surface area contributed by atoms with Crippen LogP contribution in [0.3, 0.4) is 0 Å². The molecule has 0 fully saturated rings. The summed E-state index contributed by atoms with van der Waals surface area (Å²) in [4.78, 5) is 27.1. The van der Waals surface area contributed by atoms with Gasteiger partial charge in [-0.2, -0.15) is 0 Å². The fourth-order valence-electron chi connectivity index (χ4n) is 0.967. The summed E-state index contributed by atoms with van der Waals surface area (Å²) in [5, 5.41) is 20.1. The van der Waals surface area contributed by atoms with E-state index in [-0.39, 0.29) is 39.4 Å². The Balaban J connectivity index is -0.000000270. The fraction of sp³-hybridized carbons (Fsp3) is 0. The molecule has 1 radical (unpaired) electrons. The van der Waals surface area contributed by atoms with Crippen molar-refractivity contribution in [2.75, 3.05) is 0 Å². The number of pyridine rings is 2. The average molecular weight is 344 g/mol. The minimum Gasteiger partial charge on any atom is -0.543 e. The Morgan fingerprint density at radius 2 is 1.10 bits per heavy atom. The number of nitrogens with zero attached hydrogens (tertiary/aromatic N) is 2. The summed E-state index contributed by atoms with van der Waals surface area (Å²) in [5.74, 6) is -2.48. The Morgan fingerprint density at radius 3 is 1.24 bits per heavy atom. The van der Waals surface area contributed by atoms with Crippen LogP contribution in [0.15, 0.2) is 48.8 Å². The predicted octanol–water partition coefficient (Wildman–Crippen LogP) is -2.76. The number of aromatic carboxylic acids is 2. The molecule has 9 heteroatoms. The smallest absolute Gasteiger partial charge is 0.543 e. The van der Waals surface area contributed by atoms with Crippen molar-refractivity contribution in [1.82, 2.24) is 9.97 Å². The molecule has 117 valence electrons. The van der Waals surface area contributed by atoms with Crippen LogP contribution in [0.25, 0.3) is 0 Å². The van der Waals surface area contributed by atoms with Gasteiger partial charge in [-0.1, -0.05) is 12.1 Å². The van der Waals surface area contributed by atoms with Gasteiger partial charge < -0.3 is 30.8 Å². The molecule has 8 nitrogen and oxygen atoms in total. The first kappa shape index (κ1) is 23.7. The van der Waals surface area contributed by atoms with Crippen molar-refractivity contribution in [2.24, 2.45) is 0 Å². The van der Waals surface area contributed by atoms with Gasteiger partial charge in [0.05, 0.1) is 23.3 Å². The SMILES string of the molecule is O.O.O=C([O-])c1ccccn1.O=C([O-])c1ccccn1.[Cu+2]. The number of hydrogen-bond acceptors (Lipinski definition) is 6. The molecule has 0 amide bonds. The third kappa shape index (κ3) is 9.25. The van der Waals surface area contributed by atoms with Gasteiger partial charge in [0.15, 0.2) is 0 Å². The van der Waals surface area contributed by atoms with Crippen LogP contribution in [0, 0.1) is 0 Å². The number of rotatable bonds is 2. The van der Waals surface area contributed by atoms with Crippen molar-refractivity contribution in [3.8, 4) is 0 Å². The van der Waals surface area contributed by atoms with E-state index in [9.17, 15) is 19.8 Å². The molecule has 0 aliphatic carbocycles. The van der Waals surface area contributed by atoms with Gasteiger partial charge in [0, 0.05) is 12.4 Å². The maximum atomic E-state index is 10.0. The molecule has 0 saturated carbocycles. The van der Waals surface area contributed by atoms with E-state index in [1.807, 2.05) is 0 Å². The molecule has 2 aromatic heterocycles. The first-order valence-electron chi connectivity index (χ1n) is 4.86. The van der Waals surface area contributed by atoms with Crippen LogP contribution in [0.4, 0.5) is 0 Å². The molecule has 2 rings (SSSR count). The largest absolute Gasteiger partial charge is 2.00 e. The third-order valence-electron chi connectivity index (χ3n) is 1.75. The van der Waals surface area contributed by atoms with E-state index >= 15 is 0 Å². The molecule has 0 saturated heterocycles. The average Bonchev–Trinajstić information content (AvgIpc) is 2.41. The zero-order chi connectivity index (χ0) is 13.4. The number of carbonyl (C=O) groups excluding carboxylic acids is 2. The van der Waals surface area contributed by atoms with E-state index in [0.717, 1.165) is 0 Å². The molecule has 2 aromatic rings. The van der Waals surface area contributed by atoms with Crippen LogP contribution in [0.1, 0.15) is 21.0 Å². The summed E-state index contributed by atoms with van der Waals surface area (Å²) in [7, 11) is 0. The van der Waals surface area contributed by atoms with Gasteiger partial charge in [0.25, 0.3) is 0 Å². The Labute approximate surface area is 130 Å². The van der Waals surface area contributed by atoms with Crippen molar-refractivity contribution in [3.05, 3.63) is 60.2 Å². The van der Waals surface area contributed by atoms with Gasteiger partial charge >= 0.3 is 17.1 Å². The number of carboxylic acid groups (broad SMARTS) is 2. The van der Waals surface area contributed by atoms with Gasteiger partial charge in [0.2, 0.25) is 0 Å². The minimum atomic E-state index is -1.24. The topological polar surface area (TPSA) is 169 Å². The van der Waals surface area contributed by atoms with Crippen LogP contribution < -0.4 is 10.2 Å². The van der Waals surface area contributed by atoms with Gasteiger partial charge in [0.1, 0.15) is 0 Å². The molecule has 0 spiro atoms. The van der Waals surface area contributed by atoms with Gasteiger partial charge in [-0.05, 0) is 24.3 Å². The standard InChI is InChI=1S/2C6H5NO2.Cu.2H2O/c2*8-6(9)5-3-1-2-4-7-5;;;/h2*1-4H,(H,8,9);;2*1H2/q;;+2;;/p-2. The second kappa shape index (κ2) is 12.7. The third-order valence-corrected chi connectivity index (χ3v) is 1.75. The second-order valence-electron chi connectivity index (χ2n) is 3.00. The summed E-state index contributed by atoms with van der Waals surface area (Å²) in [6.45, 7) is 0. The fourth-order valence-corrected chi connectivity index (χ4v) is 0.967. The summed E-state index contributed by atoms with van der Waals surface area (Å²) in [6.07, 6.45) is 2.82. The van der Waals surface area contributed by atoms with Crippen LogP contribution in [0.5, 0.6) is 0 Å². The maximum Gasteiger partial charge on any atom is 2.00 e. The minimum absolute atomic E-state index is 0. The number of carbonyl (C=O) groups is 2.